The molecule has 1 aromatic heterocycles. The van der Waals surface area contributed by atoms with Crippen LogP contribution in [0.4, 0.5) is 5.69 Å². The highest BCUT2D eigenvalue weighted by molar-refractivity contribution is 5.99. The summed E-state index contributed by atoms with van der Waals surface area (Å²) in [5, 5.41) is 2.93. The summed E-state index contributed by atoms with van der Waals surface area (Å²) in [7, 11) is 0. The Balaban J connectivity index is 1.39. The molecule has 0 aliphatic carbocycles. The van der Waals surface area contributed by atoms with Gasteiger partial charge in [-0.2, -0.15) is 0 Å². The van der Waals surface area contributed by atoms with E-state index in [-0.39, 0.29) is 17.9 Å². The van der Waals surface area contributed by atoms with Gasteiger partial charge in [0.1, 0.15) is 5.60 Å². The van der Waals surface area contributed by atoms with Crippen molar-refractivity contribution < 1.29 is 14.3 Å². The molecule has 2 bridgehead atoms. The fourth-order valence-electron chi connectivity index (χ4n) is 4.47. The van der Waals surface area contributed by atoms with E-state index >= 15 is 0 Å². The van der Waals surface area contributed by atoms with Gasteiger partial charge in [-0.05, 0) is 29.8 Å². The number of hydrogen-bond donors (Lipinski definition) is 1. The van der Waals surface area contributed by atoms with Crippen LogP contribution in [0.3, 0.4) is 0 Å². The maximum Gasteiger partial charge on any atom is 0.231 e. The van der Waals surface area contributed by atoms with E-state index in [4.69, 9.17) is 4.74 Å². The Morgan fingerprint density at radius 3 is 2.78 bits per heavy atom. The van der Waals surface area contributed by atoms with E-state index in [1.807, 2.05) is 54.6 Å². The maximum atomic E-state index is 13.2. The first-order valence-corrected chi connectivity index (χ1v) is 9.07. The lowest BCUT2D eigenvalue weighted by atomic mass is 9.77. The van der Waals surface area contributed by atoms with Crippen molar-refractivity contribution in [2.75, 3.05) is 11.9 Å². The smallest absolute Gasteiger partial charge is 0.231 e. The normalized spacial score (nSPS) is 30.6. The van der Waals surface area contributed by atoms with Crippen LogP contribution in [0.25, 0.3) is 0 Å². The Hall–Kier alpha value is -2.99. The molecule has 5 rings (SSSR count). The Morgan fingerprint density at radius 1 is 1.22 bits per heavy atom. The number of amides is 2. The van der Waals surface area contributed by atoms with Crippen molar-refractivity contribution in [1.82, 2.24) is 9.88 Å². The molecule has 4 atom stereocenters. The van der Waals surface area contributed by atoms with E-state index in [9.17, 15) is 9.59 Å². The summed E-state index contributed by atoms with van der Waals surface area (Å²) in [5.41, 5.74) is 1.05. The molecular formula is C21H19N3O3. The number of likely N-dealkylation sites (tertiary alicyclic amines) is 1. The molecule has 1 N–H and O–H groups in total. The molecule has 27 heavy (non-hydrogen) atoms. The van der Waals surface area contributed by atoms with E-state index < -0.39 is 17.4 Å². The third kappa shape index (κ3) is 2.56. The van der Waals surface area contributed by atoms with Gasteiger partial charge < -0.3 is 15.0 Å². The largest absolute Gasteiger partial charge is 0.360 e. The summed E-state index contributed by atoms with van der Waals surface area (Å²) in [5.74, 6) is -1.17. The second-order valence-corrected chi connectivity index (χ2v) is 7.31. The highest BCUT2D eigenvalue weighted by Crippen LogP contribution is 2.52. The molecule has 6 nitrogen and oxygen atoms in total. The highest BCUT2D eigenvalue weighted by atomic mass is 16.5. The number of aromatic nitrogens is 1. The van der Waals surface area contributed by atoms with Crippen molar-refractivity contribution in [3.05, 3.63) is 72.6 Å². The van der Waals surface area contributed by atoms with E-state index in [1.165, 1.54) is 0 Å². The summed E-state index contributed by atoms with van der Waals surface area (Å²) >= 11 is 0. The average molecular weight is 361 g/mol. The van der Waals surface area contributed by atoms with Crippen molar-refractivity contribution >= 4 is 17.5 Å². The van der Waals surface area contributed by atoms with Crippen LogP contribution in [0.15, 0.2) is 67.0 Å². The molecule has 1 aromatic carbocycles. The van der Waals surface area contributed by atoms with Gasteiger partial charge >= 0.3 is 0 Å². The predicted octanol–water partition coefficient (Wildman–Crippen LogP) is 2.00. The molecule has 136 valence electrons. The number of nitrogens with zero attached hydrogens (tertiary/aromatic N) is 2. The van der Waals surface area contributed by atoms with Crippen LogP contribution in [0, 0.1) is 11.8 Å². The zero-order valence-electron chi connectivity index (χ0n) is 14.6. The van der Waals surface area contributed by atoms with Gasteiger partial charge in [0.25, 0.3) is 0 Å². The van der Waals surface area contributed by atoms with Crippen molar-refractivity contribution in [2.24, 2.45) is 11.8 Å². The molecule has 2 fully saturated rings. The predicted molar refractivity (Wildman–Crippen MR) is 98.4 cm³/mol. The molecule has 0 radical (unpaired) electrons. The SMILES string of the molecule is O=C(Nc1ccccc1)[C@H]1[C@H]2C=C[C@]3(CN(Cc4ccncc4)C(=O)[C@@H]13)O2. The fraction of sp³-hybridized carbons (Fsp3) is 0.286. The molecule has 3 aliphatic heterocycles. The first kappa shape index (κ1) is 16.2. The van der Waals surface area contributed by atoms with Gasteiger partial charge in [0.15, 0.2) is 0 Å². The van der Waals surface area contributed by atoms with Crippen molar-refractivity contribution in [3.63, 3.8) is 0 Å². The molecule has 2 amide bonds. The van der Waals surface area contributed by atoms with Crippen LogP contribution < -0.4 is 5.32 Å². The van der Waals surface area contributed by atoms with Gasteiger partial charge in [0.2, 0.25) is 11.8 Å². The minimum atomic E-state index is -0.687. The first-order valence-electron chi connectivity index (χ1n) is 9.07. The van der Waals surface area contributed by atoms with E-state index in [0.29, 0.717) is 13.1 Å². The Labute approximate surface area is 156 Å². The fourth-order valence-corrected chi connectivity index (χ4v) is 4.47. The van der Waals surface area contributed by atoms with Crippen LogP contribution in [0.5, 0.6) is 0 Å². The zero-order valence-corrected chi connectivity index (χ0v) is 14.6. The Kier molecular flexibility index (Phi) is 3.62. The Morgan fingerprint density at radius 2 is 2.00 bits per heavy atom. The number of carbonyl (C=O) groups excluding carboxylic acids is 2. The third-order valence-corrected chi connectivity index (χ3v) is 5.65. The number of benzene rings is 1. The standard InChI is InChI=1S/C21H19N3O3/c25-19(23-15-4-2-1-3-5-15)17-16-6-9-21(27-16)13-24(20(26)18(17)21)12-14-7-10-22-11-8-14/h1-11,16-18H,12-13H2,(H,23,25)/t16-,17+,18-,21-/m1/s1. The van der Waals surface area contributed by atoms with Gasteiger partial charge in [-0.3, -0.25) is 14.6 Å². The molecular weight excluding hydrogens is 342 g/mol. The number of rotatable bonds is 4. The number of hydrogen-bond acceptors (Lipinski definition) is 4. The van der Waals surface area contributed by atoms with E-state index in [0.717, 1.165) is 11.3 Å². The van der Waals surface area contributed by atoms with Gasteiger partial charge in [0, 0.05) is 24.6 Å². The quantitative estimate of drug-likeness (QED) is 0.846. The number of ether oxygens (including phenoxy) is 1. The second-order valence-electron chi connectivity index (χ2n) is 7.31. The van der Waals surface area contributed by atoms with Crippen LogP contribution in [-0.2, 0) is 20.9 Å². The number of nitrogens with one attached hydrogen (secondary N) is 1. The number of fused-ring (bicyclic) bond motifs is 1. The third-order valence-electron chi connectivity index (χ3n) is 5.65. The van der Waals surface area contributed by atoms with Gasteiger partial charge in [0.05, 0.1) is 24.5 Å². The highest BCUT2D eigenvalue weighted by Gasteiger charge is 2.66. The molecule has 1 spiro atoms. The van der Waals surface area contributed by atoms with Crippen LogP contribution in [-0.4, -0.2) is 39.9 Å². The lowest BCUT2D eigenvalue weighted by Gasteiger charge is -2.23. The Bertz CT molecular complexity index is 915. The number of carbonyl (C=O) groups is 2. The van der Waals surface area contributed by atoms with Crippen molar-refractivity contribution in [3.8, 4) is 0 Å². The van der Waals surface area contributed by atoms with Gasteiger partial charge in [-0.25, -0.2) is 0 Å². The van der Waals surface area contributed by atoms with E-state index in [1.54, 1.807) is 17.3 Å². The molecule has 0 unspecified atom stereocenters. The van der Waals surface area contributed by atoms with Crippen molar-refractivity contribution in [1.29, 1.82) is 0 Å². The minimum absolute atomic E-state index is 0.0214. The minimum Gasteiger partial charge on any atom is -0.360 e. The molecule has 4 heterocycles. The number of pyridine rings is 1. The summed E-state index contributed by atoms with van der Waals surface area (Å²) in [6, 6.07) is 13.1. The average Bonchev–Trinajstić information content (AvgIpc) is 3.32. The van der Waals surface area contributed by atoms with E-state index in [2.05, 4.69) is 10.3 Å². The summed E-state index contributed by atoms with van der Waals surface area (Å²) in [6.07, 6.45) is 6.99. The lowest BCUT2D eigenvalue weighted by Crippen LogP contribution is -2.41. The van der Waals surface area contributed by atoms with Crippen LogP contribution in [0.1, 0.15) is 5.56 Å². The van der Waals surface area contributed by atoms with Gasteiger partial charge in [-0.1, -0.05) is 30.4 Å². The zero-order chi connectivity index (χ0) is 18.4. The number of anilines is 1. The lowest BCUT2D eigenvalue weighted by molar-refractivity contribution is -0.136. The summed E-state index contributed by atoms with van der Waals surface area (Å²) < 4.78 is 6.15. The molecule has 6 heteroatoms. The van der Waals surface area contributed by atoms with Crippen molar-refractivity contribution in [2.45, 2.75) is 18.2 Å². The monoisotopic (exact) mass is 361 g/mol. The first-order chi connectivity index (χ1) is 13.2. The number of para-hydroxylation sites is 1. The van der Waals surface area contributed by atoms with Crippen LogP contribution in [0.2, 0.25) is 0 Å². The summed E-state index contributed by atoms with van der Waals surface area (Å²) in [4.78, 5) is 31.9. The maximum absolute atomic E-state index is 13.2. The van der Waals surface area contributed by atoms with Crippen LogP contribution >= 0.6 is 0 Å². The molecule has 3 aliphatic rings. The van der Waals surface area contributed by atoms with Gasteiger partial charge in [-0.15, -0.1) is 0 Å². The molecule has 2 saturated heterocycles. The molecule has 0 saturated carbocycles. The second kappa shape index (κ2) is 6.03. The topological polar surface area (TPSA) is 71.5 Å². The summed E-state index contributed by atoms with van der Waals surface area (Å²) in [6.45, 7) is 0.968. The molecule has 2 aromatic rings.